The number of aliphatic hydroxyl groups is 1. The number of hydrogen-bond acceptors (Lipinski definition) is 4. The van der Waals surface area contributed by atoms with Crippen LogP contribution in [0.15, 0.2) is 6.20 Å². The average Bonchev–Trinajstić information content (AvgIpc) is 2.76. The van der Waals surface area contributed by atoms with Gasteiger partial charge in [-0.1, -0.05) is 5.21 Å². The SMILES string of the molecule is Cn1cc(CN2CCC[C@H]2CO)nn1. The minimum Gasteiger partial charge on any atom is -0.395 e. The van der Waals surface area contributed by atoms with Crippen LogP contribution >= 0.6 is 0 Å². The summed E-state index contributed by atoms with van der Waals surface area (Å²) < 4.78 is 1.71. The first-order valence-electron chi connectivity index (χ1n) is 4.99. The van der Waals surface area contributed by atoms with Gasteiger partial charge in [-0.3, -0.25) is 9.58 Å². The summed E-state index contributed by atoms with van der Waals surface area (Å²) in [7, 11) is 1.87. The van der Waals surface area contributed by atoms with Crippen LogP contribution in [-0.4, -0.2) is 44.2 Å². The van der Waals surface area contributed by atoms with Crippen molar-refractivity contribution in [2.24, 2.45) is 7.05 Å². The van der Waals surface area contributed by atoms with E-state index in [1.807, 2.05) is 13.2 Å². The molecule has 1 aromatic rings. The molecule has 0 amide bonds. The molecule has 0 radical (unpaired) electrons. The number of nitrogens with zero attached hydrogens (tertiary/aromatic N) is 4. The summed E-state index contributed by atoms with van der Waals surface area (Å²) >= 11 is 0. The molecule has 2 rings (SSSR count). The van der Waals surface area contributed by atoms with Gasteiger partial charge in [-0.2, -0.15) is 0 Å². The Balaban J connectivity index is 1.96. The van der Waals surface area contributed by atoms with E-state index in [2.05, 4.69) is 15.2 Å². The second kappa shape index (κ2) is 4.06. The van der Waals surface area contributed by atoms with Crippen LogP contribution in [0.5, 0.6) is 0 Å². The molecule has 0 aliphatic carbocycles. The van der Waals surface area contributed by atoms with Gasteiger partial charge in [0.2, 0.25) is 0 Å². The zero-order chi connectivity index (χ0) is 9.97. The summed E-state index contributed by atoms with van der Waals surface area (Å²) in [5.74, 6) is 0. The van der Waals surface area contributed by atoms with E-state index in [1.54, 1.807) is 4.68 Å². The minimum absolute atomic E-state index is 0.250. The van der Waals surface area contributed by atoms with Crippen molar-refractivity contribution < 1.29 is 5.11 Å². The van der Waals surface area contributed by atoms with Gasteiger partial charge in [0.15, 0.2) is 0 Å². The van der Waals surface area contributed by atoms with Crippen LogP contribution in [0.4, 0.5) is 0 Å². The summed E-state index contributed by atoms with van der Waals surface area (Å²) in [5, 5.41) is 17.1. The van der Waals surface area contributed by atoms with E-state index in [1.165, 1.54) is 6.42 Å². The Bertz CT molecular complexity index is 299. The lowest BCUT2D eigenvalue weighted by molar-refractivity contribution is 0.152. The highest BCUT2D eigenvalue weighted by atomic mass is 16.3. The Morgan fingerprint density at radius 1 is 1.64 bits per heavy atom. The van der Waals surface area contributed by atoms with Gasteiger partial charge in [0.25, 0.3) is 0 Å². The molecule has 0 bridgehead atoms. The lowest BCUT2D eigenvalue weighted by Crippen LogP contribution is -2.31. The zero-order valence-electron chi connectivity index (χ0n) is 8.43. The van der Waals surface area contributed by atoms with Crippen molar-refractivity contribution in [3.05, 3.63) is 11.9 Å². The van der Waals surface area contributed by atoms with Gasteiger partial charge in [0, 0.05) is 25.8 Å². The molecule has 0 saturated carbocycles. The second-order valence-electron chi connectivity index (χ2n) is 3.83. The molecular weight excluding hydrogens is 180 g/mol. The highest BCUT2D eigenvalue weighted by Crippen LogP contribution is 2.18. The van der Waals surface area contributed by atoms with Crippen molar-refractivity contribution in [1.29, 1.82) is 0 Å². The Morgan fingerprint density at radius 2 is 2.50 bits per heavy atom. The number of hydrogen-bond donors (Lipinski definition) is 1. The topological polar surface area (TPSA) is 54.2 Å². The first-order valence-corrected chi connectivity index (χ1v) is 4.99. The molecule has 0 spiro atoms. The van der Waals surface area contributed by atoms with Gasteiger partial charge in [-0.15, -0.1) is 5.10 Å². The largest absolute Gasteiger partial charge is 0.395 e. The molecule has 1 fully saturated rings. The van der Waals surface area contributed by atoms with E-state index >= 15 is 0 Å². The van der Waals surface area contributed by atoms with Crippen LogP contribution in [0.1, 0.15) is 18.5 Å². The Kier molecular flexibility index (Phi) is 2.79. The van der Waals surface area contributed by atoms with Crippen LogP contribution in [0.25, 0.3) is 0 Å². The van der Waals surface area contributed by atoms with Gasteiger partial charge in [0.05, 0.1) is 12.3 Å². The molecule has 0 aromatic carbocycles. The van der Waals surface area contributed by atoms with E-state index in [4.69, 9.17) is 5.11 Å². The quantitative estimate of drug-likeness (QED) is 0.725. The van der Waals surface area contributed by atoms with Gasteiger partial charge in [-0.25, -0.2) is 0 Å². The first-order chi connectivity index (χ1) is 6.79. The molecular formula is C9H16N4O. The number of aromatic nitrogens is 3. The lowest BCUT2D eigenvalue weighted by Gasteiger charge is -2.20. The third-order valence-electron chi connectivity index (χ3n) is 2.73. The smallest absolute Gasteiger partial charge is 0.0967 e. The molecule has 1 N–H and O–H groups in total. The fraction of sp³-hybridized carbons (Fsp3) is 0.778. The molecule has 0 unspecified atom stereocenters. The third-order valence-corrected chi connectivity index (χ3v) is 2.73. The molecule has 5 heteroatoms. The lowest BCUT2D eigenvalue weighted by atomic mass is 10.2. The highest BCUT2D eigenvalue weighted by Gasteiger charge is 2.24. The average molecular weight is 196 g/mol. The maximum Gasteiger partial charge on any atom is 0.0967 e. The molecule has 5 nitrogen and oxygen atoms in total. The van der Waals surface area contributed by atoms with Crippen LogP contribution in [0.2, 0.25) is 0 Å². The first kappa shape index (κ1) is 9.61. The van der Waals surface area contributed by atoms with Crippen molar-refractivity contribution in [3.63, 3.8) is 0 Å². The maximum absolute atomic E-state index is 9.14. The van der Waals surface area contributed by atoms with Gasteiger partial charge in [-0.05, 0) is 19.4 Å². The monoisotopic (exact) mass is 196 g/mol. The van der Waals surface area contributed by atoms with Crippen molar-refractivity contribution in [2.75, 3.05) is 13.2 Å². The molecule has 14 heavy (non-hydrogen) atoms. The zero-order valence-corrected chi connectivity index (χ0v) is 8.43. The van der Waals surface area contributed by atoms with E-state index < -0.39 is 0 Å². The van der Waals surface area contributed by atoms with Crippen LogP contribution < -0.4 is 0 Å². The molecule has 1 atom stereocenters. The Morgan fingerprint density at radius 3 is 3.14 bits per heavy atom. The fourth-order valence-corrected chi connectivity index (χ4v) is 1.99. The predicted molar refractivity (Wildman–Crippen MR) is 51.5 cm³/mol. The molecule has 2 heterocycles. The van der Waals surface area contributed by atoms with Gasteiger partial charge >= 0.3 is 0 Å². The number of aryl methyl sites for hydroxylation is 1. The molecule has 1 saturated heterocycles. The number of aliphatic hydroxyl groups excluding tert-OH is 1. The highest BCUT2D eigenvalue weighted by molar-refractivity contribution is 4.94. The number of likely N-dealkylation sites (tertiary alicyclic amines) is 1. The molecule has 1 aromatic heterocycles. The summed E-state index contributed by atoms with van der Waals surface area (Å²) in [6.07, 6.45) is 4.19. The van der Waals surface area contributed by atoms with E-state index in [-0.39, 0.29) is 6.61 Å². The van der Waals surface area contributed by atoms with Crippen LogP contribution in [0, 0.1) is 0 Å². The molecule has 1 aliphatic rings. The third kappa shape index (κ3) is 1.93. The van der Waals surface area contributed by atoms with Crippen molar-refractivity contribution in [2.45, 2.75) is 25.4 Å². The maximum atomic E-state index is 9.14. The summed E-state index contributed by atoms with van der Waals surface area (Å²) in [5.41, 5.74) is 0.979. The van der Waals surface area contributed by atoms with Gasteiger partial charge < -0.3 is 5.11 Å². The summed E-state index contributed by atoms with van der Waals surface area (Å²) in [6.45, 7) is 2.11. The van der Waals surface area contributed by atoms with E-state index in [0.717, 1.165) is 25.2 Å². The van der Waals surface area contributed by atoms with Crippen molar-refractivity contribution in [3.8, 4) is 0 Å². The summed E-state index contributed by atoms with van der Waals surface area (Å²) in [6, 6.07) is 0.317. The number of rotatable bonds is 3. The predicted octanol–water partition coefficient (Wildman–Crippen LogP) is -0.228. The van der Waals surface area contributed by atoms with E-state index in [0.29, 0.717) is 6.04 Å². The standard InChI is InChI=1S/C9H16N4O/c1-12-5-8(10-11-12)6-13-4-2-3-9(13)7-14/h5,9,14H,2-4,6-7H2,1H3/t9-/m0/s1. The molecule has 78 valence electrons. The van der Waals surface area contributed by atoms with E-state index in [9.17, 15) is 0 Å². The second-order valence-corrected chi connectivity index (χ2v) is 3.83. The normalized spacial score (nSPS) is 23.1. The van der Waals surface area contributed by atoms with Crippen LogP contribution in [0.3, 0.4) is 0 Å². The molecule has 1 aliphatic heterocycles. The summed E-state index contributed by atoms with van der Waals surface area (Å²) in [4.78, 5) is 2.27. The van der Waals surface area contributed by atoms with Crippen molar-refractivity contribution >= 4 is 0 Å². The van der Waals surface area contributed by atoms with Gasteiger partial charge in [0.1, 0.15) is 0 Å². The Labute approximate surface area is 83.3 Å². The van der Waals surface area contributed by atoms with Crippen molar-refractivity contribution in [1.82, 2.24) is 19.9 Å². The fourth-order valence-electron chi connectivity index (χ4n) is 1.99. The van der Waals surface area contributed by atoms with Crippen LogP contribution in [-0.2, 0) is 13.6 Å². The minimum atomic E-state index is 0.250. The Hall–Kier alpha value is -0.940.